The highest BCUT2D eigenvalue weighted by Crippen LogP contribution is 2.21. The number of benzene rings is 1. The van der Waals surface area contributed by atoms with Crippen molar-refractivity contribution in [1.82, 2.24) is 10.2 Å². The van der Waals surface area contributed by atoms with Crippen molar-refractivity contribution in [2.45, 2.75) is 45.6 Å². The molecule has 1 aromatic rings. The Morgan fingerprint density at radius 2 is 1.80 bits per heavy atom. The van der Waals surface area contributed by atoms with E-state index in [2.05, 4.69) is 5.32 Å². The molecule has 3 amide bonds. The summed E-state index contributed by atoms with van der Waals surface area (Å²) in [5.74, 6) is -0.291. The molecule has 136 valence electrons. The van der Waals surface area contributed by atoms with Crippen molar-refractivity contribution >= 4 is 23.4 Å². The van der Waals surface area contributed by atoms with Gasteiger partial charge in [0.15, 0.2) is 0 Å². The van der Waals surface area contributed by atoms with Crippen LogP contribution in [0.1, 0.15) is 50.4 Å². The molecule has 1 aliphatic heterocycles. The summed E-state index contributed by atoms with van der Waals surface area (Å²) in [4.78, 5) is 39.5. The zero-order valence-corrected chi connectivity index (χ0v) is 15.5. The van der Waals surface area contributed by atoms with Gasteiger partial charge in [-0.3, -0.25) is 14.4 Å². The second kappa shape index (κ2) is 7.68. The largest absolute Gasteiger partial charge is 0.350 e. The Labute approximate surface area is 149 Å². The summed E-state index contributed by atoms with van der Waals surface area (Å²) in [5, 5.41) is 2.84. The van der Waals surface area contributed by atoms with Crippen molar-refractivity contribution in [2.75, 3.05) is 25.0 Å². The number of carbonyl (C=O) groups is 3. The highest BCUT2D eigenvalue weighted by Gasteiger charge is 2.21. The summed E-state index contributed by atoms with van der Waals surface area (Å²) in [6.45, 7) is 6.41. The van der Waals surface area contributed by atoms with Crippen LogP contribution < -0.4 is 10.2 Å². The van der Waals surface area contributed by atoms with E-state index < -0.39 is 0 Å². The van der Waals surface area contributed by atoms with Crippen LogP contribution in [-0.4, -0.2) is 48.3 Å². The molecule has 2 rings (SSSR count). The summed E-state index contributed by atoms with van der Waals surface area (Å²) in [5.41, 5.74) is 0.984. The molecule has 1 N–H and O–H groups in total. The lowest BCUT2D eigenvalue weighted by Gasteiger charge is -2.27. The number of nitrogens with zero attached hydrogens (tertiary/aromatic N) is 2. The number of hydrogen-bond donors (Lipinski definition) is 1. The molecule has 1 heterocycles. The van der Waals surface area contributed by atoms with E-state index in [1.807, 2.05) is 20.8 Å². The summed E-state index contributed by atoms with van der Waals surface area (Å²) in [6, 6.07) is 6.99. The summed E-state index contributed by atoms with van der Waals surface area (Å²) < 4.78 is 0. The van der Waals surface area contributed by atoms with E-state index in [0.717, 1.165) is 25.1 Å². The van der Waals surface area contributed by atoms with E-state index >= 15 is 0 Å². The van der Waals surface area contributed by atoms with E-state index in [4.69, 9.17) is 0 Å². The molecular weight excluding hydrogens is 318 g/mol. The standard InChI is InChI=1S/C19H27N3O3/c1-19(2,3)20-16(23)13-21(4)18(25)14-8-10-15(11-9-14)22-12-6-5-7-17(22)24/h8-11H,5-7,12-13H2,1-4H3,(H,20,23). The van der Waals surface area contributed by atoms with Gasteiger partial charge in [-0.15, -0.1) is 0 Å². The Bertz CT molecular complexity index is 647. The SMILES string of the molecule is CN(CC(=O)NC(C)(C)C)C(=O)c1ccc(N2CCCCC2=O)cc1. The van der Waals surface area contributed by atoms with Crippen molar-refractivity contribution in [1.29, 1.82) is 0 Å². The molecule has 0 spiro atoms. The van der Waals surface area contributed by atoms with Gasteiger partial charge in [0.1, 0.15) is 0 Å². The van der Waals surface area contributed by atoms with Crippen molar-refractivity contribution in [3.05, 3.63) is 29.8 Å². The van der Waals surface area contributed by atoms with Crippen molar-refractivity contribution in [2.24, 2.45) is 0 Å². The van der Waals surface area contributed by atoms with Gasteiger partial charge in [-0.1, -0.05) is 0 Å². The van der Waals surface area contributed by atoms with Gasteiger partial charge in [-0.25, -0.2) is 0 Å². The predicted molar refractivity (Wildman–Crippen MR) is 97.5 cm³/mol. The second-order valence-electron chi connectivity index (χ2n) is 7.51. The monoisotopic (exact) mass is 345 g/mol. The number of amides is 3. The molecule has 0 unspecified atom stereocenters. The van der Waals surface area contributed by atoms with Gasteiger partial charge < -0.3 is 15.1 Å². The fourth-order valence-corrected chi connectivity index (χ4v) is 2.83. The highest BCUT2D eigenvalue weighted by molar-refractivity contribution is 5.98. The average molecular weight is 345 g/mol. The molecule has 0 aliphatic carbocycles. The lowest BCUT2D eigenvalue weighted by atomic mass is 10.1. The molecule has 0 atom stereocenters. The highest BCUT2D eigenvalue weighted by atomic mass is 16.2. The maximum atomic E-state index is 12.5. The maximum absolute atomic E-state index is 12.5. The number of piperidine rings is 1. The van der Waals surface area contributed by atoms with E-state index in [1.54, 1.807) is 36.2 Å². The molecule has 25 heavy (non-hydrogen) atoms. The lowest BCUT2D eigenvalue weighted by Crippen LogP contribution is -2.46. The maximum Gasteiger partial charge on any atom is 0.254 e. The summed E-state index contributed by atoms with van der Waals surface area (Å²) >= 11 is 0. The molecule has 6 heteroatoms. The number of likely N-dealkylation sites (N-methyl/N-ethyl adjacent to an activating group) is 1. The van der Waals surface area contributed by atoms with Gasteiger partial charge >= 0.3 is 0 Å². The zero-order valence-electron chi connectivity index (χ0n) is 15.5. The Hall–Kier alpha value is -2.37. The molecule has 0 bridgehead atoms. The van der Waals surface area contributed by atoms with Crippen LogP contribution >= 0.6 is 0 Å². The molecule has 6 nitrogen and oxygen atoms in total. The minimum atomic E-state index is -0.330. The first kappa shape index (κ1) is 19.0. The zero-order chi connectivity index (χ0) is 18.6. The smallest absolute Gasteiger partial charge is 0.254 e. The topological polar surface area (TPSA) is 69.7 Å². The van der Waals surface area contributed by atoms with Crippen molar-refractivity contribution in [3.8, 4) is 0 Å². The van der Waals surface area contributed by atoms with Crippen molar-refractivity contribution in [3.63, 3.8) is 0 Å². The predicted octanol–water partition coefficient (Wildman–Crippen LogP) is 2.19. The van der Waals surface area contributed by atoms with Gasteiger partial charge in [0, 0.05) is 36.8 Å². The number of carbonyl (C=O) groups excluding carboxylic acids is 3. The van der Waals surface area contributed by atoms with Gasteiger partial charge in [-0.05, 0) is 57.9 Å². The first-order valence-corrected chi connectivity index (χ1v) is 8.64. The third-order valence-corrected chi connectivity index (χ3v) is 3.99. The fourth-order valence-electron chi connectivity index (χ4n) is 2.83. The first-order chi connectivity index (χ1) is 11.7. The van der Waals surface area contributed by atoms with Crippen LogP contribution in [0, 0.1) is 0 Å². The van der Waals surface area contributed by atoms with E-state index in [1.165, 1.54) is 4.90 Å². The molecule has 1 aliphatic rings. The molecule has 1 aromatic carbocycles. The second-order valence-corrected chi connectivity index (χ2v) is 7.51. The average Bonchev–Trinajstić information content (AvgIpc) is 2.53. The van der Waals surface area contributed by atoms with Gasteiger partial charge in [-0.2, -0.15) is 0 Å². The van der Waals surface area contributed by atoms with Crippen LogP contribution in [0.3, 0.4) is 0 Å². The van der Waals surface area contributed by atoms with Crippen LogP contribution in [0.2, 0.25) is 0 Å². The first-order valence-electron chi connectivity index (χ1n) is 8.64. The molecular formula is C19H27N3O3. The third kappa shape index (κ3) is 5.31. The minimum absolute atomic E-state index is 0.00245. The van der Waals surface area contributed by atoms with Crippen LogP contribution in [0.4, 0.5) is 5.69 Å². The third-order valence-electron chi connectivity index (χ3n) is 3.99. The Balaban J connectivity index is 1.99. The fraction of sp³-hybridized carbons (Fsp3) is 0.526. The van der Waals surface area contributed by atoms with Gasteiger partial charge in [0.2, 0.25) is 11.8 Å². The molecule has 0 radical (unpaired) electrons. The van der Waals surface area contributed by atoms with Crippen molar-refractivity contribution < 1.29 is 14.4 Å². The van der Waals surface area contributed by atoms with E-state index in [0.29, 0.717) is 12.0 Å². The Morgan fingerprint density at radius 1 is 1.16 bits per heavy atom. The quantitative estimate of drug-likeness (QED) is 0.909. The molecule has 0 saturated carbocycles. The van der Waals surface area contributed by atoms with Crippen LogP contribution in [0.25, 0.3) is 0 Å². The van der Waals surface area contributed by atoms with Gasteiger partial charge in [0.25, 0.3) is 5.91 Å². The van der Waals surface area contributed by atoms with Crippen LogP contribution in [0.5, 0.6) is 0 Å². The van der Waals surface area contributed by atoms with Gasteiger partial charge in [0.05, 0.1) is 6.54 Å². The molecule has 1 fully saturated rings. The summed E-state index contributed by atoms with van der Waals surface area (Å²) in [6.07, 6.45) is 2.51. The van der Waals surface area contributed by atoms with Crippen LogP contribution in [0.15, 0.2) is 24.3 Å². The molecule has 1 saturated heterocycles. The van der Waals surface area contributed by atoms with Crippen LogP contribution in [-0.2, 0) is 9.59 Å². The Kier molecular flexibility index (Phi) is 5.82. The minimum Gasteiger partial charge on any atom is -0.350 e. The molecule has 0 aromatic heterocycles. The number of anilines is 1. The van der Waals surface area contributed by atoms with E-state index in [9.17, 15) is 14.4 Å². The normalized spacial score (nSPS) is 15.0. The number of rotatable bonds is 4. The number of hydrogen-bond acceptors (Lipinski definition) is 3. The number of nitrogens with one attached hydrogen (secondary N) is 1. The Morgan fingerprint density at radius 3 is 2.36 bits per heavy atom. The van der Waals surface area contributed by atoms with E-state index in [-0.39, 0.29) is 29.8 Å². The lowest BCUT2D eigenvalue weighted by molar-refractivity contribution is -0.123. The summed E-state index contributed by atoms with van der Waals surface area (Å²) in [7, 11) is 1.60.